The van der Waals surface area contributed by atoms with E-state index < -0.39 is 11.8 Å². The number of nitrogens with two attached hydrogens (primary N) is 2. The van der Waals surface area contributed by atoms with Gasteiger partial charge in [-0.05, 0) is 12.1 Å². The molecule has 15 heavy (non-hydrogen) atoms. The highest BCUT2D eigenvalue weighted by Crippen LogP contribution is 2.31. The Balaban J connectivity index is 3.12. The van der Waals surface area contributed by atoms with Crippen molar-refractivity contribution in [1.29, 1.82) is 0 Å². The van der Waals surface area contributed by atoms with Gasteiger partial charge >= 0.3 is 11.8 Å². The molecule has 1 aromatic rings. The number of primary amides is 1. The lowest BCUT2D eigenvalue weighted by molar-refractivity contribution is -0.135. The summed E-state index contributed by atoms with van der Waals surface area (Å²) in [6.45, 7) is 0. The van der Waals surface area contributed by atoms with Crippen LogP contribution in [0.5, 0.6) is 0 Å². The molecule has 0 atom stereocenters. The summed E-state index contributed by atoms with van der Waals surface area (Å²) in [4.78, 5) is 21.7. The van der Waals surface area contributed by atoms with Crippen LogP contribution in [-0.4, -0.2) is 11.8 Å². The highest BCUT2D eigenvalue weighted by Gasteiger charge is 2.20. The number of benzene rings is 1. The van der Waals surface area contributed by atoms with E-state index in [0.717, 1.165) is 0 Å². The van der Waals surface area contributed by atoms with E-state index in [9.17, 15) is 9.59 Å². The van der Waals surface area contributed by atoms with Crippen LogP contribution < -0.4 is 16.6 Å². The number of nitrogens with zero attached hydrogens (tertiary/aromatic N) is 1. The Labute approximate surface area is 95.5 Å². The highest BCUT2D eigenvalue weighted by atomic mass is 35.5. The molecular formula is C8H7Cl2N3O2. The minimum Gasteiger partial charge on any atom is -0.361 e. The quantitative estimate of drug-likeness (QED) is 0.331. The fraction of sp³-hybridized carbons (Fsp3) is 0. The van der Waals surface area contributed by atoms with Gasteiger partial charge in [0.25, 0.3) is 0 Å². The van der Waals surface area contributed by atoms with Crippen LogP contribution in [0.4, 0.5) is 5.69 Å². The Bertz CT molecular complexity index is 422. The maximum Gasteiger partial charge on any atom is 0.330 e. The van der Waals surface area contributed by atoms with Gasteiger partial charge in [-0.3, -0.25) is 9.59 Å². The van der Waals surface area contributed by atoms with Gasteiger partial charge in [0.2, 0.25) is 0 Å². The van der Waals surface area contributed by atoms with E-state index in [0.29, 0.717) is 5.01 Å². The maximum atomic E-state index is 11.1. The Kier molecular flexibility index (Phi) is 3.52. The van der Waals surface area contributed by atoms with Crippen molar-refractivity contribution in [2.45, 2.75) is 0 Å². The van der Waals surface area contributed by atoms with Gasteiger partial charge in [-0.1, -0.05) is 29.3 Å². The molecule has 0 spiro atoms. The number of carbonyl (C=O) groups excluding carboxylic acids is 2. The number of halogens is 2. The third kappa shape index (κ3) is 2.38. The minimum atomic E-state index is -1.17. The van der Waals surface area contributed by atoms with Crippen molar-refractivity contribution in [3.8, 4) is 0 Å². The first-order valence-electron chi connectivity index (χ1n) is 3.77. The number of amides is 2. The molecule has 0 unspecified atom stereocenters. The molecule has 0 aliphatic heterocycles. The minimum absolute atomic E-state index is 0.0799. The van der Waals surface area contributed by atoms with Gasteiger partial charge in [-0.25, -0.2) is 10.9 Å². The van der Waals surface area contributed by atoms with E-state index in [1.807, 2.05) is 0 Å². The molecule has 0 bridgehead atoms. The van der Waals surface area contributed by atoms with Crippen LogP contribution in [0.25, 0.3) is 0 Å². The molecule has 0 fully saturated rings. The van der Waals surface area contributed by atoms with Crippen molar-refractivity contribution < 1.29 is 9.59 Å². The van der Waals surface area contributed by atoms with E-state index in [2.05, 4.69) is 0 Å². The smallest absolute Gasteiger partial charge is 0.330 e. The average molecular weight is 248 g/mol. The molecule has 0 saturated heterocycles. The molecule has 0 heterocycles. The third-order valence-electron chi connectivity index (χ3n) is 1.62. The zero-order chi connectivity index (χ0) is 11.6. The van der Waals surface area contributed by atoms with Gasteiger partial charge in [0.05, 0.1) is 15.7 Å². The summed E-state index contributed by atoms with van der Waals surface area (Å²) >= 11 is 11.5. The van der Waals surface area contributed by atoms with Crippen LogP contribution in [0.2, 0.25) is 10.0 Å². The van der Waals surface area contributed by atoms with Gasteiger partial charge in [-0.2, -0.15) is 0 Å². The summed E-state index contributed by atoms with van der Waals surface area (Å²) < 4.78 is 0. The van der Waals surface area contributed by atoms with Gasteiger partial charge < -0.3 is 5.73 Å². The van der Waals surface area contributed by atoms with E-state index >= 15 is 0 Å². The monoisotopic (exact) mass is 247 g/mol. The molecule has 0 saturated carbocycles. The van der Waals surface area contributed by atoms with Crippen molar-refractivity contribution in [3.63, 3.8) is 0 Å². The van der Waals surface area contributed by atoms with Crippen molar-refractivity contribution in [2.75, 3.05) is 5.01 Å². The van der Waals surface area contributed by atoms with Gasteiger partial charge in [0.1, 0.15) is 0 Å². The largest absolute Gasteiger partial charge is 0.361 e. The molecule has 0 radical (unpaired) electrons. The predicted octanol–water partition coefficient (Wildman–Crippen LogP) is 0.685. The Morgan fingerprint density at radius 3 is 2.40 bits per heavy atom. The zero-order valence-corrected chi connectivity index (χ0v) is 8.92. The Morgan fingerprint density at radius 1 is 1.27 bits per heavy atom. The zero-order valence-electron chi connectivity index (χ0n) is 7.41. The molecule has 1 aromatic carbocycles. The first-order valence-corrected chi connectivity index (χ1v) is 4.53. The van der Waals surface area contributed by atoms with Crippen LogP contribution in [0.3, 0.4) is 0 Å². The first-order chi connectivity index (χ1) is 6.95. The van der Waals surface area contributed by atoms with Crippen molar-refractivity contribution >= 4 is 40.7 Å². The van der Waals surface area contributed by atoms with Crippen LogP contribution in [0.1, 0.15) is 0 Å². The maximum absolute atomic E-state index is 11.1. The molecule has 1 rings (SSSR count). The first kappa shape index (κ1) is 11.8. The number of rotatable bonds is 1. The Morgan fingerprint density at radius 2 is 1.87 bits per heavy atom. The highest BCUT2D eigenvalue weighted by molar-refractivity contribution is 6.45. The second-order valence-electron chi connectivity index (χ2n) is 2.61. The lowest BCUT2D eigenvalue weighted by Gasteiger charge is -2.16. The second kappa shape index (κ2) is 4.48. The third-order valence-corrected chi connectivity index (χ3v) is 2.43. The lowest BCUT2D eigenvalue weighted by Crippen LogP contribution is -2.45. The number of hydrazine groups is 1. The number of anilines is 1. The summed E-state index contributed by atoms with van der Waals surface area (Å²) in [5.74, 6) is 3.11. The molecule has 4 N–H and O–H groups in total. The molecule has 80 valence electrons. The van der Waals surface area contributed by atoms with Crippen molar-refractivity contribution in [2.24, 2.45) is 11.6 Å². The molecular weight excluding hydrogens is 241 g/mol. The molecule has 0 aromatic heterocycles. The normalized spacial score (nSPS) is 9.80. The van der Waals surface area contributed by atoms with E-state index in [1.54, 1.807) is 0 Å². The van der Waals surface area contributed by atoms with Crippen LogP contribution >= 0.6 is 23.2 Å². The average Bonchev–Trinajstić information content (AvgIpc) is 2.20. The molecule has 0 aliphatic rings. The van der Waals surface area contributed by atoms with Crippen LogP contribution in [-0.2, 0) is 9.59 Å². The molecule has 7 heteroatoms. The molecule has 0 aliphatic carbocycles. The Hall–Kier alpha value is -1.30. The number of hydrogen-bond acceptors (Lipinski definition) is 3. The summed E-state index contributed by atoms with van der Waals surface area (Å²) in [6.07, 6.45) is 0. The van der Waals surface area contributed by atoms with Gasteiger partial charge in [0.15, 0.2) is 0 Å². The van der Waals surface area contributed by atoms with Gasteiger partial charge in [-0.15, -0.1) is 0 Å². The van der Waals surface area contributed by atoms with Crippen LogP contribution in [0.15, 0.2) is 18.2 Å². The van der Waals surface area contributed by atoms with E-state index in [4.69, 9.17) is 34.8 Å². The standard InChI is InChI=1S/C8H7Cl2N3O2/c9-4-2-1-3-5(6(4)10)13(12)8(15)7(11)14/h1-3H,12H2,(H2,11,14). The number of carbonyl (C=O) groups is 2. The number of hydrogen-bond donors (Lipinski definition) is 2. The van der Waals surface area contributed by atoms with Crippen molar-refractivity contribution in [3.05, 3.63) is 28.2 Å². The second-order valence-corrected chi connectivity index (χ2v) is 3.40. The van der Waals surface area contributed by atoms with E-state index in [1.165, 1.54) is 18.2 Å². The van der Waals surface area contributed by atoms with E-state index in [-0.39, 0.29) is 15.7 Å². The summed E-state index contributed by atoms with van der Waals surface area (Å²) in [5, 5.41) is 0.856. The fourth-order valence-electron chi connectivity index (χ4n) is 0.907. The molecule has 2 amide bonds. The predicted molar refractivity (Wildman–Crippen MR) is 57.3 cm³/mol. The molecule has 5 nitrogen and oxygen atoms in total. The van der Waals surface area contributed by atoms with Crippen molar-refractivity contribution in [1.82, 2.24) is 0 Å². The summed E-state index contributed by atoms with van der Waals surface area (Å²) in [7, 11) is 0. The SMILES string of the molecule is NC(=O)C(=O)N(N)c1cccc(Cl)c1Cl. The topological polar surface area (TPSA) is 89.4 Å². The van der Waals surface area contributed by atoms with Crippen LogP contribution in [0, 0.1) is 0 Å². The summed E-state index contributed by atoms with van der Waals surface area (Å²) in [6, 6.07) is 4.50. The van der Waals surface area contributed by atoms with Gasteiger partial charge in [0, 0.05) is 0 Å². The lowest BCUT2D eigenvalue weighted by atomic mass is 10.3. The summed E-state index contributed by atoms with van der Waals surface area (Å²) in [5.41, 5.74) is 4.89. The fourth-order valence-corrected chi connectivity index (χ4v) is 1.29.